The van der Waals surface area contributed by atoms with Crippen LogP contribution >= 0.6 is 0 Å². The van der Waals surface area contributed by atoms with Gasteiger partial charge in [-0.05, 0) is 19.9 Å². The molecule has 1 aliphatic heterocycles. The highest BCUT2D eigenvalue weighted by molar-refractivity contribution is 6.01. The van der Waals surface area contributed by atoms with Crippen molar-refractivity contribution in [3.8, 4) is 0 Å². The van der Waals surface area contributed by atoms with E-state index in [1.165, 1.54) is 14.2 Å². The van der Waals surface area contributed by atoms with Gasteiger partial charge in [0.05, 0.1) is 14.2 Å². The van der Waals surface area contributed by atoms with Crippen LogP contribution < -0.4 is 0 Å². The number of carbonyl (C=O) groups excluding carboxylic acids is 2. The first-order valence-electron chi connectivity index (χ1n) is 6.45. The number of carbonyl (C=O) groups is 2. The van der Waals surface area contributed by atoms with Gasteiger partial charge in [-0.1, -0.05) is 12.8 Å². The molecule has 2 aliphatic rings. The van der Waals surface area contributed by atoms with Crippen molar-refractivity contribution in [2.75, 3.05) is 27.8 Å². The Labute approximate surface area is 107 Å². The molecule has 5 heteroatoms. The Morgan fingerprint density at radius 3 is 2.22 bits per heavy atom. The van der Waals surface area contributed by atoms with Crippen molar-refractivity contribution < 1.29 is 19.1 Å². The fraction of sp³-hybridized carbons (Fsp3) is 0.846. The summed E-state index contributed by atoms with van der Waals surface area (Å²) in [7, 11) is 4.64. The number of nitrogens with zero attached hydrogens (tertiary/aromatic N) is 1. The van der Waals surface area contributed by atoms with Gasteiger partial charge >= 0.3 is 11.9 Å². The molecule has 0 N–H and O–H groups in total. The van der Waals surface area contributed by atoms with Crippen molar-refractivity contribution in [3.63, 3.8) is 0 Å². The van der Waals surface area contributed by atoms with Crippen molar-refractivity contribution in [1.29, 1.82) is 0 Å². The second-order valence-electron chi connectivity index (χ2n) is 5.33. The molecule has 0 aromatic rings. The predicted molar refractivity (Wildman–Crippen MR) is 64.8 cm³/mol. The van der Waals surface area contributed by atoms with Crippen LogP contribution in [0.2, 0.25) is 0 Å². The standard InChI is InChI=1S/C13H21NO4/c1-14-8-13(11(15)17-2,12(16)18-3)9-6-4-5-7-10(9)14/h9-10H,4-8H2,1-3H3. The molecule has 0 radical (unpaired) electrons. The minimum atomic E-state index is -1.12. The van der Waals surface area contributed by atoms with E-state index >= 15 is 0 Å². The molecule has 2 atom stereocenters. The minimum Gasteiger partial charge on any atom is -0.468 e. The average Bonchev–Trinajstić information content (AvgIpc) is 2.72. The topological polar surface area (TPSA) is 55.8 Å². The lowest BCUT2D eigenvalue weighted by Gasteiger charge is -2.34. The molecule has 0 amide bonds. The van der Waals surface area contributed by atoms with Crippen LogP contribution in [0.5, 0.6) is 0 Å². The first kappa shape index (κ1) is 13.3. The second-order valence-corrected chi connectivity index (χ2v) is 5.33. The minimum absolute atomic E-state index is 0.0242. The summed E-state index contributed by atoms with van der Waals surface area (Å²) in [5, 5.41) is 0. The van der Waals surface area contributed by atoms with E-state index in [9.17, 15) is 9.59 Å². The highest BCUT2D eigenvalue weighted by Crippen LogP contribution is 2.48. The Morgan fingerprint density at radius 2 is 1.67 bits per heavy atom. The monoisotopic (exact) mass is 255 g/mol. The van der Waals surface area contributed by atoms with E-state index in [1.54, 1.807) is 0 Å². The van der Waals surface area contributed by atoms with E-state index in [4.69, 9.17) is 9.47 Å². The fourth-order valence-electron chi connectivity index (χ4n) is 3.72. The van der Waals surface area contributed by atoms with E-state index in [0.29, 0.717) is 6.54 Å². The smallest absolute Gasteiger partial charge is 0.324 e. The van der Waals surface area contributed by atoms with Gasteiger partial charge in [0.25, 0.3) is 0 Å². The molecule has 5 nitrogen and oxygen atoms in total. The molecule has 1 saturated heterocycles. The van der Waals surface area contributed by atoms with Gasteiger partial charge in [-0.2, -0.15) is 0 Å². The maximum atomic E-state index is 12.2. The average molecular weight is 255 g/mol. The van der Waals surface area contributed by atoms with E-state index in [1.807, 2.05) is 7.05 Å². The lowest BCUT2D eigenvalue weighted by Crippen LogP contribution is -2.48. The number of likely N-dealkylation sites (tertiary alicyclic amines) is 1. The van der Waals surface area contributed by atoms with E-state index in [0.717, 1.165) is 25.7 Å². The molecule has 18 heavy (non-hydrogen) atoms. The summed E-state index contributed by atoms with van der Waals surface area (Å²) in [6, 6.07) is 0.289. The second kappa shape index (κ2) is 4.88. The first-order chi connectivity index (χ1) is 8.57. The Balaban J connectivity index is 2.40. The number of ether oxygens (including phenoxy) is 2. The SMILES string of the molecule is COC(=O)C1(C(=O)OC)CN(C)C2CCCCC21. The van der Waals surface area contributed by atoms with Crippen LogP contribution in [0.4, 0.5) is 0 Å². The van der Waals surface area contributed by atoms with Crippen molar-refractivity contribution in [3.05, 3.63) is 0 Å². The molecule has 1 heterocycles. The molecule has 0 spiro atoms. The lowest BCUT2D eigenvalue weighted by molar-refractivity contribution is -0.171. The molecule has 102 valence electrons. The third-order valence-electron chi connectivity index (χ3n) is 4.53. The largest absolute Gasteiger partial charge is 0.468 e. The molecule has 0 bridgehead atoms. The highest BCUT2D eigenvalue weighted by Gasteiger charge is 2.62. The van der Waals surface area contributed by atoms with Crippen molar-refractivity contribution in [1.82, 2.24) is 4.90 Å². The molecule has 1 aliphatic carbocycles. The first-order valence-corrected chi connectivity index (χ1v) is 6.45. The maximum Gasteiger partial charge on any atom is 0.324 e. The summed E-state index contributed by atoms with van der Waals surface area (Å²) in [6.45, 7) is 0.404. The molecule has 2 fully saturated rings. The van der Waals surface area contributed by atoms with Gasteiger partial charge in [0.1, 0.15) is 0 Å². The van der Waals surface area contributed by atoms with Crippen LogP contribution in [0.15, 0.2) is 0 Å². The number of fused-ring (bicyclic) bond motifs is 1. The quantitative estimate of drug-likeness (QED) is 0.540. The number of esters is 2. The summed E-state index contributed by atoms with van der Waals surface area (Å²) in [5.41, 5.74) is -1.12. The molecular weight excluding hydrogens is 234 g/mol. The Bertz CT molecular complexity index is 339. The van der Waals surface area contributed by atoms with Crippen LogP contribution in [0.25, 0.3) is 0 Å². The summed E-state index contributed by atoms with van der Waals surface area (Å²) in [5.74, 6) is -0.873. The van der Waals surface area contributed by atoms with Crippen LogP contribution in [-0.4, -0.2) is 50.7 Å². The van der Waals surface area contributed by atoms with Gasteiger partial charge < -0.3 is 14.4 Å². The van der Waals surface area contributed by atoms with E-state index in [-0.39, 0.29) is 12.0 Å². The Kier molecular flexibility index (Phi) is 3.61. The van der Waals surface area contributed by atoms with Gasteiger partial charge in [-0.15, -0.1) is 0 Å². The Morgan fingerprint density at radius 1 is 1.11 bits per heavy atom. The van der Waals surface area contributed by atoms with Crippen LogP contribution in [0.3, 0.4) is 0 Å². The van der Waals surface area contributed by atoms with Gasteiger partial charge in [0.15, 0.2) is 5.41 Å². The molecule has 0 aromatic heterocycles. The molecule has 1 saturated carbocycles. The third-order valence-corrected chi connectivity index (χ3v) is 4.53. The van der Waals surface area contributed by atoms with Gasteiger partial charge in [0, 0.05) is 18.5 Å². The van der Waals surface area contributed by atoms with Crippen molar-refractivity contribution >= 4 is 11.9 Å². The Hall–Kier alpha value is -1.10. The van der Waals surface area contributed by atoms with Crippen LogP contribution in [0.1, 0.15) is 25.7 Å². The van der Waals surface area contributed by atoms with Crippen molar-refractivity contribution in [2.24, 2.45) is 11.3 Å². The summed E-state index contributed by atoms with van der Waals surface area (Å²) in [6.07, 6.45) is 4.14. The van der Waals surface area contributed by atoms with Gasteiger partial charge in [-0.25, -0.2) is 0 Å². The zero-order chi connectivity index (χ0) is 13.3. The molecule has 0 aromatic carbocycles. The van der Waals surface area contributed by atoms with Crippen LogP contribution in [0, 0.1) is 11.3 Å². The molecule has 2 rings (SSSR count). The summed E-state index contributed by atoms with van der Waals surface area (Å²) < 4.78 is 9.78. The van der Waals surface area contributed by atoms with E-state index in [2.05, 4.69) is 4.90 Å². The number of hydrogen-bond acceptors (Lipinski definition) is 5. The zero-order valence-corrected chi connectivity index (χ0v) is 11.3. The normalized spacial score (nSPS) is 30.6. The fourth-order valence-corrected chi connectivity index (χ4v) is 3.72. The number of hydrogen-bond donors (Lipinski definition) is 0. The van der Waals surface area contributed by atoms with Crippen LogP contribution in [-0.2, 0) is 19.1 Å². The van der Waals surface area contributed by atoms with Gasteiger partial charge in [0.2, 0.25) is 0 Å². The number of rotatable bonds is 2. The van der Waals surface area contributed by atoms with Crippen molar-refractivity contribution in [2.45, 2.75) is 31.7 Å². The predicted octanol–water partition coefficient (Wildman–Crippen LogP) is 0.823. The summed E-state index contributed by atoms with van der Waals surface area (Å²) >= 11 is 0. The lowest BCUT2D eigenvalue weighted by atomic mass is 9.69. The maximum absolute atomic E-state index is 12.2. The molecule has 2 unspecified atom stereocenters. The molecular formula is C13H21NO4. The van der Waals surface area contributed by atoms with E-state index < -0.39 is 17.4 Å². The summed E-state index contributed by atoms with van der Waals surface area (Å²) in [4.78, 5) is 26.5. The number of methoxy groups -OCH3 is 2. The van der Waals surface area contributed by atoms with Gasteiger partial charge in [-0.3, -0.25) is 9.59 Å². The highest BCUT2D eigenvalue weighted by atomic mass is 16.5. The third kappa shape index (κ3) is 1.72. The zero-order valence-electron chi connectivity index (χ0n) is 11.3.